The Labute approximate surface area is 109 Å². The molecule has 1 saturated carbocycles. The van der Waals surface area contributed by atoms with Gasteiger partial charge in [-0.1, -0.05) is 13.3 Å². The molecular formula is C12H23NO4S. The Bertz CT molecular complexity index is 393. The molecule has 0 amide bonds. The monoisotopic (exact) mass is 277 g/mol. The molecule has 106 valence electrons. The highest BCUT2D eigenvalue weighted by atomic mass is 32.2. The molecule has 0 aromatic heterocycles. The molecular weight excluding hydrogens is 254 g/mol. The second kappa shape index (κ2) is 6.02. The predicted octanol–water partition coefficient (Wildman–Crippen LogP) is 1.14. The SMILES string of the molecule is CCC(C)N(CC(=O)O)C1CCCC1S(C)(=O)=O. The van der Waals surface area contributed by atoms with Gasteiger partial charge in [-0.3, -0.25) is 9.69 Å². The van der Waals surface area contributed by atoms with Gasteiger partial charge in [-0.15, -0.1) is 0 Å². The first-order valence-corrected chi connectivity index (χ1v) is 8.39. The molecule has 18 heavy (non-hydrogen) atoms. The van der Waals surface area contributed by atoms with E-state index in [1.165, 1.54) is 6.26 Å². The van der Waals surface area contributed by atoms with E-state index in [-0.39, 0.29) is 18.6 Å². The number of hydrogen-bond donors (Lipinski definition) is 1. The fraction of sp³-hybridized carbons (Fsp3) is 0.917. The lowest BCUT2D eigenvalue weighted by molar-refractivity contribution is -0.139. The van der Waals surface area contributed by atoms with Crippen molar-refractivity contribution in [1.29, 1.82) is 0 Å². The summed E-state index contributed by atoms with van der Waals surface area (Å²) in [6.45, 7) is 3.87. The highest BCUT2D eigenvalue weighted by Gasteiger charge is 2.40. The first kappa shape index (κ1) is 15.4. The van der Waals surface area contributed by atoms with E-state index >= 15 is 0 Å². The zero-order chi connectivity index (χ0) is 13.9. The predicted molar refractivity (Wildman–Crippen MR) is 70.4 cm³/mol. The highest BCUT2D eigenvalue weighted by molar-refractivity contribution is 7.91. The Kier molecular flexibility index (Phi) is 5.16. The van der Waals surface area contributed by atoms with E-state index in [9.17, 15) is 13.2 Å². The zero-order valence-corrected chi connectivity index (χ0v) is 12.1. The fourth-order valence-electron chi connectivity index (χ4n) is 2.78. The molecule has 1 fully saturated rings. The van der Waals surface area contributed by atoms with E-state index in [0.29, 0.717) is 6.42 Å². The van der Waals surface area contributed by atoms with Gasteiger partial charge in [0, 0.05) is 18.3 Å². The molecule has 1 N–H and O–H groups in total. The lowest BCUT2D eigenvalue weighted by atomic mass is 10.1. The van der Waals surface area contributed by atoms with Crippen LogP contribution in [0.2, 0.25) is 0 Å². The molecule has 6 heteroatoms. The van der Waals surface area contributed by atoms with Crippen molar-refractivity contribution < 1.29 is 18.3 Å². The number of hydrogen-bond acceptors (Lipinski definition) is 4. The number of aliphatic carboxylic acids is 1. The van der Waals surface area contributed by atoms with Crippen LogP contribution in [0.15, 0.2) is 0 Å². The normalized spacial score (nSPS) is 26.4. The van der Waals surface area contributed by atoms with Gasteiger partial charge in [-0.05, 0) is 26.2 Å². The molecule has 0 saturated heterocycles. The van der Waals surface area contributed by atoms with Crippen LogP contribution < -0.4 is 0 Å². The van der Waals surface area contributed by atoms with E-state index in [1.807, 2.05) is 18.7 Å². The molecule has 1 aliphatic rings. The van der Waals surface area contributed by atoms with Crippen LogP contribution in [0.5, 0.6) is 0 Å². The molecule has 0 aromatic carbocycles. The minimum atomic E-state index is -3.11. The second-order valence-electron chi connectivity index (χ2n) is 5.19. The third-order valence-corrected chi connectivity index (χ3v) is 5.52. The molecule has 0 aromatic rings. The van der Waals surface area contributed by atoms with Crippen LogP contribution in [-0.2, 0) is 14.6 Å². The summed E-state index contributed by atoms with van der Waals surface area (Å²) < 4.78 is 23.5. The smallest absolute Gasteiger partial charge is 0.317 e. The Morgan fingerprint density at radius 3 is 2.50 bits per heavy atom. The van der Waals surface area contributed by atoms with Crippen LogP contribution in [0.1, 0.15) is 39.5 Å². The lowest BCUT2D eigenvalue weighted by Gasteiger charge is -2.35. The van der Waals surface area contributed by atoms with Crippen LogP contribution in [-0.4, -0.2) is 54.5 Å². The zero-order valence-electron chi connectivity index (χ0n) is 11.3. The first-order valence-electron chi connectivity index (χ1n) is 6.43. The van der Waals surface area contributed by atoms with Gasteiger partial charge in [0.25, 0.3) is 0 Å². The van der Waals surface area contributed by atoms with Crippen molar-refractivity contribution >= 4 is 15.8 Å². The van der Waals surface area contributed by atoms with Crippen molar-refractivity contribution in [3.05, 3.63) is 0 Å². The van der Waals surface area contributed by atoms with Gasteiger partial charge in [0.1, 0.15) is 0 Å². The van der Waals surface area contributed by atoms with Gasteiger partial charge in [0.2, 0.25) is 0 Å². The van der Waals surface area contributed by atoms with Gasteiger partial charge >= 0.3 is 5.97 Å². The van der Waals surface area contributed by atoms with Crippen molar-refractivity contribution in [2.45, 2.75) is 56.9 Å². The minimum absolute atomic E-state index is 0.0777. The molecule has 1 aliphatic carbocycles. The van der Waals surface area contributed by atoms with Crippen LogP contribution in [0.4, 0.5) is 0 Å². The van der Waals surface area contributed by atoms with Crippen LogP contribution in [0.3, 0.4) is 0 Å². The third-order valence-electron chi connectivity index (χ3n) is 3.87. The number of sulfone groups is 1. The van der Waals surface area contributed by atoms with Crippen molar-refractivity contribution in [2.75, 3.05) is 12.8 Å². The molecule has 1 rings (SSSR count). The standard InChI is InChI=1S/C12H23NO4S/c1-4-9(2)13(8-12(14)15)10-6-5-7-11(10)18(3,16)17/h9-11H,4-8H2,1-3H3,(H,14,15). The van der Waals surface area contributed by atoms with E-state index in [1.54, 1.807) is 0 Å². The fourth-order valence-corrected chi connectivity index (χ4v) is 4.23. The molecule has 3 unspecified atom stereocenters. The summed E-state index contributed by atoms with van der Waals surface area (Å²) in [6.07, 6.45) is 4.35. The molecule has 3 atom stereocenters. The average Bonchev–Trinajstić information content (AvgIpc) is 2.72. The summed E-state index contributed by atoms with van der Waals surface area (Å²) in [4.78, 5) is 12.8. The number of carboxylic acids is 1. The molecule has 0 spiro atoms. The number of nitrogens with zero attached hydrogens (tertiary/aromatic N) is 1. The maximum atomic E-state index is 11.8. The van der Waals surface area contributed by atoms with E-state index in [0.717, 1.165) is 19.3 Å². The maximum Gasteiger partial charge on any atom is 0.317 e. The van der Waals surface area contributed by atoms with Crippen molar-refractivity contribution in [2.24, 2.45) is 0 Å². The summed E-state index contributed by atoms with van der Waals surface area (Å²) >= 11 is 0. The van der Waals surface area contributed by atoms with Gasteiger partial charge in [0.05, 0.1) is 11.8 Å². The number of rotatable bonds is 6. The van der Waals surface area contributed by atoms with Crippen LogP contribution in [0, 0.1) is 0 Å². The minimum Gasteiger partial charge on any atom is -0.480 e. The van der Waals surface area contributed by atoms with Gasteiger partial charge < -0.3 is 5.11 Å². The molecule has 5 nitrogen and oxygen atoms in total. The lowest BCUT2D eigenvalue weighted by Crippen LogP contribution is -2.49. The average molecular weight is 277 g/mol. The first-order chi connectivity index (χ1) is 8.27. The Morgan fingerprint density at radius 1 is 1.44 bits per heavy atom. The summed E-state index contributed by atoms with van der Waals surface area (Å²) in [5.41, 5.74) is 0. The van der Waals surface area contributed by atoms with Crippen LogP contribution >= 0.6 is 0 Å². The summed E-state index contributed by atoms with van der Waals surface area (Å²) in [5, 5.41) is 8.58. The topological polar surface area (TPSA) is 74.7 Å². The van der Waals surface area contributed by atoms with E-state index < -0.39 is 21.1 Å². The third kappa shape index (κ3) is 3.68. The molecule has 0 bridgehead atoms. The Hall–Kier alpha value is -0.620. The van der Waals surface area contributed by atoms with Gasteiger partial charge in [-0.2, -0.15) is 0 Å². The quantitative estimate of drug-likeness (QED) is 0.788. The largest absolute Gasteiger partial charge is 0.480 e. The van der Waals surface area contributed by atoms with Crippen molar-refractivity contribution in [3.63, 3.8) is 0 Å². The highest BCUT2D eigenvalue weighted by Crippen LogP contribution is 2.30. The second-order valence-corrected chi connectivity index (χ2v) is 7.45. The van der Waals surface area contributed by atoms with Crippen molar-refractivity contribution in [3.8, 4) is 0 Å². The summed E-state index contributed by atoms with van der Waals surface area (Å²) in [5.74, 6) is -0.894. The Balaban J connectivity index is 2.93. The number of carbonyl (C=O) groups is 1. The van der Waals surface area contributed by atoms with Gasteiger partial charge in [-0.25, -0.2) is 8.42 Å². The Morgan fingerprint density at radius 2 is 2.06 bits per heavy atom. The molecule has 0 radical (unpaired) electrons. The van der Waals surface area contributed by atoms with E-state index in [4.69, 9.17) is 5.11 Å². The maximum absolute atomic E-state index is 11.8. The van der Waals surface area contributed by atoms with Crippen LogP contribution in [0.25, 0.3) is 0 Å². The molecule has 0 heterocycles. The molecule has 0 aliphatic heterocycles. The van der Waals surface area contributed by atoms with Gasteiger partial charge in [0.15, 0.2) is 9.84 Å². The van der Waals surface area contributed by atoms with Crippen molar-refractivity contribution in [1.82, 2.24) is 4.90 Å². The summed E-state index contributed by atoms with van der Waals surface area (Å²) in [6, 6.07) is -0.0560. The van der Waals surface area contributed by atoms with E-state index in [2.05, 4.69) is 0 Å². The number of carboxylic acid groups (broad SMARTS) is 1. The summed E-state index contributed by atoms with van der Waals surface area (Å²) in [7, 11) is -3.11.